The maximum atomic E-state index is 15.6. The van der Waals surface area contributed by atoms with Crippen molar-refractivity contribution in [1.82, 2.24) is 25.1 Å². The number of carbonyl (C=O) groups is 2. The summed E-state index contributed by atoms with van der Waals surface area (Å²) in [7, 11) is 0. The summed E-state index contributed by atoms with van der Waals surface area (Å²) in [6.45, 7) is 4.88. The van der Waals surface area contributed by atoms with E-state index in [1.54, 1.807) is 42.1 Å². The number of aliphatic imine (C=N–C) groups is 1. The number of thiazole rings is 1. The van der Waals surface area contributed by atoms with Crippen molar-refractivity contribution in [3.8, 4) is 0 Å². The van der Waals surface area contributed by atoms with Crippen LogP contribution in [0.5, 0.6) is 0 Å². The van der Waals surface area contributed by atoms with Crippen LogP contribution in [0, 0.1) is 18.8 Å². The number of carboxylic acid groups (broad SMARTS) is 1. The molecular formula is C28H33F3N6O4S. The second-order valence-corrected chi connectivity index (χ2v) is 11.6. The highest BCUT2D eigenvalue weighted by atomic mass is 32.1. The summed E-state index contributed by atoms with van der Waals surface area (Å²) in [5, 5.41) is 15.0. The number of halogens is 3. The zero-order chi connectivity index (χ0) is 30.2. The molecule has 2 aromatic rings. The van der Waals surface area contributed by atoms with Crippen molar-refractivity contribution in [2.45, 2.75) is 57.7 Å². The van der Waals surface area contributed by atoms with Gasteiger partial charge in [0.1, 0.15) is 6.04 Å². The van der Waals surface area contributed by atoms with Gasteiger partial charge < -0.3 is 15.2 Å². The van der Waals surface area contributed by atoms with Crippen LogP contribution in [0.2, 0.25) is 0 Å². The molecule has 0 spiro atoms. The maximum Gasteiger partial charge on any atom is 0.338 e. The number of likely N-dealkylation sites (tertiary alicyclic amines) is 2. The Morgan fingerprint density at radius 1 is 1.29 bits per heavy atom. The fourth-order valence-corrected chi connectivity index (χ4v) is 6.76. The van der Waals surface area contributed by atoms with Crippen molar-refractivity contribution < 1.29 is 32.6 Å². The number of aryl methyl sites for hydroxylation is 1. The number of carboxylic acids is 1. The van der Waals surface area contributed by atoms with Gasteiger partial charge in [0.15, 0.2) is 10.8 Å². The third-order valence-corrected chi connectivity index (χ3v) is 8.87. The first-order valence-corrected chi connectivity index (χ1v) is 14.8. The minimum atomic E-state index is -3.10. The Labute approximate surface area is 245 Å². The highest BCUT2D eigenvalue weighted by Gasteiger charge is 2.59. The molecule has 0 aromatic carbocycles. The van der Waals surface area contributed by atoms with Crippen LogP contribution in [-0.4, -0.2) is 93.4 Å². The molecule has 0 aliphatic carbocycles. The number of nitrogens with zero attached hydrogens (tertiary/aromatic N) is 5. The minimum Gasteiger partial charge on any atom is -0.481 e. The molecule has 3 aliphatic rings. The van der Waals surface area contributed by atoms with Gasteiger partial charge in [-0.1, -0.05) is 13.0 Å². The number of aromatic nitrogens is 2. The smallest absolute Gasteiger partial charge is 0.338 e. The molecule has 42 heavy (non-hydrogen) atoms. The Balaban J connectivity index is 1.53. The number of ether oxygens (including phenoxy) is 1. The molecule has 226 valence electrons. The Morgan fingerprint density at radius 2 is 2.07 bits per heavy atom. The molecule has 2 fully saturated rings. The van der Waals surface area contributed by atoms with Gasteiger partial charge in [-0.25, -0.2) is 23.5 Å². The van der Waals surface area contributed by atoms with Crippen LogP contribution in [0.25, 0.3) is 0 Å². The Hall–Kier alpha value is -3.36. The quantitative estimate of drug-likeness (QED) is 0.310. The van der Waals surface area contributed by atoms with Crippen LogP contribution in [0.15, 0.2) is 40.0 Å². The molecule has 5 rings (SSSR count). The first kappa shape index (κ1) is 30.1. The summed E-state index contributed by atoms with van der Waals surface area (Å²) >= 11 is 1.32. The average molecular weight is 607 g/mol. The molecule has 2 saturated heterocycles. The molecule has 2 N–H and O–H groups in total. The molecule has 14 heteroatoms. The number of nitrogens with one attached hydrogen (secondary N) is 1. The lowest BCUT2D eigenvalue weighted by Crippen LogP contribution is -2.47. The number of hydrogen-bond donors (Lipinski definition) is 2. The first-order valence-electron chi connectivity index (χ1n) is 13.9. The van der Waals surface area contributed by atoms with Gasteiger partial charge in [0, 0.05) is 54.2 Å². The summed E-state index contributed by atoms with van der Waals surface area (Å²) in [5.74, 6) is -5.83. The number of esters is 1. The maximum absolute atomic E-state index is 15.6. The SMILES string of the molecule is CCOC(=O)C1=C(CN2CC(F)(F)[C@H]3[C@@H]2CCN3CC(CC)C(=O)O)NC(c2nccs2)=NC1c1ccc(F)nc1C. The van der Waals surface area contributed by atoms with Gasteiger partial charge in [0.05, 0.1) is 30.7 Å². The zero-order valence-electron chi connectivity index (χ0n) is 23.5. The van der Waals surface area contributed by atoms with E-state index in [2.05, 4.69) is 15.3 Å². The highest BCUT2D eigenvalue weighted by molar-refractivity contribution is 7.11. The van der Waals surface area contributed by atoms with Gasteiger partial charge in [-0.15, -0.1) is 11.3 Å². The van der Waals surface area contributed by atoms with Gasteiger partial charge in [-0.3, -0.25) is 19.6 Å². The van der Waals surface area contributed by atoms with E-state index >= 15 is 8.78 Å². The minimum absolute atomic E-state index is 0.0382. The number of carbonyl (C=O) groups excluding carboxylic acids is 1. The normalized spacial score (nSPS) is 24.7. The van der Waals surface area contributed by atoms with Crippen molar-refractivity contribution >= 4 is 29.1 Å². The molecule has 0 amide bonds. The number of amidine groups is 1. The summed E-state index contributed by atoms with van der Waals surface area (Å²) in [6.07, 6.45) is 2.37. The molecule has 0 saturated carbocycles. The monoisotopic (exact) mass is 606 g/mol. The van der Waals surface area contributed by atoms with Gasteiger partial charge >= 0.3 is 11.9 Å². The second kappa shape index (κ2) is 12.1. The van der Waals surface area contributed by atoms with Gasteiger partial charge in [-0.05, 0) is 32.8 Å². The second-order valence-electron chi connectivity index (χ2n) is 10.7. The van der Waals surface area contributed by atoms with Gasteiger partial charge in [-0.2, -0.15) is 4.39 Å². The Morgan fingerprint density at radius 3 is 2.71 bits per heavy atom. The molecule has 2 unspecified atom stereocenters. The number of pyridine rings is 1. The summed E-state index contributed by atoms with van der Waals surface area (Å²) < 4.78 is 50.5. The molecule has 0 bridgehead atoms. The number of aliphatic carboxylic acids is 1. The third-order valence-electron chi connectivity index (χ3n) is 8.09. The molecular weight excluding hydrogens is 573 g/mol. The number of fused-ring (bicyclic) bond motifs is 1. The van der Waals surface area contributed by atoms with E-state index in [9.17, 15) is 19.1 Å². The van der Waals surface area contributed by atoms with Crippen molar-refractivity contribution in [3.63, 3.8) is 0 Å². The Kier molecular flexibility index (Phi) is 8.67. The van der Waals surface area contributed by atoms with Crippen LogP contribution in [0.3, 0.4) is 0 Å². The predicted molar refractivity (Wildman–Crippen MR) is 149 cm³/mol. The summed E-state index contributed by atoms with van der Waals surface area (Å²) in [4.78, 5) is 41.3. The van der Waals surface area contributed by atoms with E-state index in [1.165, 1.54) is 23.5 Å². The standard InChI is InChI=1S/C28H33F3N6O4S/c1-4-16(26(38)39)12-36-10-8-19-23(36)28(30,31)14-37(19)13-18-21(27(40)41-5-2)22(17-6-7-20(29)33-15(17)3)35-24(34-18)25-32-9-11-42-25/h6-7,9,11,16,19,22-23H,4-5,8,10,12-14H2,1-3H3,(H,34,35)(H,38,39)/t16?,19-,22?,23+/m0/s1. The average Bonchev–Trinajstić information content (AvgIpc) is 3.66. The van der Waals surface area contributed by atoms with Crippen LogP contribution in [0.1, 0.15) is 49.0 Å². The van der Waals surface area contributed by atoms with E-state index in [-0.39, 0.29) is 25.3 Å². The van der Waals surface area contributed by atoms with Crippen LogP contribution < -0.4 is 5.32 Å². The van der Waals surface area contributed by atoms with Crippen LogP contribution in [-0.2, 0) is 14.3 Å². The lowest BCUT2D eigenvalue weighted by Gasteiger charge is -2.31. The van der Waals surface area contributed by atoms with Crippen LogP contribution in [0.4, 0.5) is 13.2 Å². The fraction of sp³-hybridized carbons (Fsp3) is 0.536. The van der Waals surface area contributed by atoms with Gasteiger partial charge in [0.2, 0.25) is 5.95 Å². The number of rotatable bonds is 10. The third kappa shape index (κ3) is 5.79. The number of alkyl halides is 2. The van der Waals surface area contributed by atoms with Crippen molar-refractivity contribution in [2.75, 3.05) is 32.8 Å². The van der Waals surface area contributed by atoms with E-state index in [4.69, 9.17) is 9.73 Å². The fourth-order valence-electron chi connectivity index (χ4n) is 6.17. The van der Waals surface area contributed by atoms with Crippen molar-refractivity contribution in [3.05, 3.63) is 57.2 Å². The largest absolute Gasteiger partial charge is 0.481 e. The summed E-state index contributed by atoms with van der Waals surface area (Å²) in [5.41, 5.74) is 1.28. The molecule has 3 aliphatic heterocycles. The van der Waals surface area contributed by atoms with E-state index < -0.39 is 54.4 Å². The molecule has 5 heterocycles. The van der Waals surface area contributed by atoms with E-state index in [1.807, 2.05) is 0 Å². The topological polar surface area (TPSA) is 120 Å². The number of hydrogen-bond acceptors (Lipinski definition) is 10. The zero-order valence-corrected chi connectivity index (χ0v) is 24.3. The van der Waals surface area contributed by atoms with Gasteiger partial charge in [0.25, 0.3) is 5.92 Å². The lowest BCUT2D eigenvalue weighted by molar-refractivity contribution is -0.143. The lowest BCUT2D eigenvalue weighted by atomic mass is 9.94. The summed E-state index contributed by atoms with van der Waals surface area (Å²) in [6, 6.07) is 0.0541. The highest BCUT2D eigenvalue weighted by Crippen LogP contribution is 2.43. The molecule has 4 atom stereocenters. The van der Waals surface area contributed by atoms with E-state index in [0.29, 0.717) is 47.2 Å². The first-order chi connectivity index (χ1) is 20.0. The predicted octanol–water partition coefficient (Wildman–Crippen LogP) is 3.40. The molecule has 0 radical (unpaired) electrons. The van der Waals surface area contributed by atoms with Crippen molar-refractivity contribution in [1.29, 1.82) is 0 Å². The molecule has 2 aromatic heterocycles. The Bertz CT molecular complexity index is 1400. The van der Waals surface area contributed by atoms with Crippen molar-refractivity contribution in [2.24, 2.45) is 10.9 Å². The van der Waals surface area contributed by atoms with Crippen LogP contribution >= 0.6 is 11.3 Å². The van der Waals surface area contributed by atoms with E-state index in [0.717, 1.165) is 0 Å². The molecule has 10 nitrogen and oxygen atoms in total.